The first-order valence-corrected chi connectivity index (χ1v) is 7.55. The monoisotopic (exact) mass is 321 g/mol. The zero-order valence-electron chi connectivity index (χ0n) is 10.3. The number of thioether (sulfide) groups is 1. The van der Waals surface area contributed by atoms with Gasteiger partial charge in [0.2, 0.25) is 0 Å². The molecule has 0 saturated heterocycles. The molecule has 0 aliphatic heterocycles. The van der Waals surface area contributed by atoms with Crippen LogP contribution in [0.3, 0.4) is 0 Å². The van der Waals surface area contributed by atoms with Crippen LogP contribution < -0.4 is 5.73 Å². The minimum absolute atomic E-state index is 0.296. The number of aryl methyl sites for hydroxylation is 1. The highest BCUT2D eigenvalue weighted by atomic mass is 79.9. The van der Waals surface area contributed by atoms with Gasteiger partial charge in [-0.15, -0.1) is 11.8 Å². The number of nitrogens with two attached hydrogens (primary N) is 1. The highest BCUT2D eigenvalue weighted by Gasteiger charge is 2.11. The normalized spacial score (nSPS) is 12.4. The van der Waals surface area contributed by atoms with E-state index in [4.69, 9.17) is 5.73 Å². The Hall–Kier alpha value is -0.770. The van der Waals surface area contributed by atoms with Crippen LogP contribution in [0.4, 0.5) is 0 Å². The van der Waals surface area contributed by atoms with Crippen LogP contribution in [-0.2, 0) is 0 Å². The number of halogens is 1. The van der Waals surface area contributed by atoms with E-state index in [1.165, 1.54) is 16.0 Å². The van der Waals surface area contributed by atoms with Gasteiger partial charge >= 0.3 is 0 Å². The van der Waals surface area contributed by atoms with Gasteiger partial charge in [0.05, 0.1) is 0 Å². The fourth-order valence-electron chi connectivity index (χ4n) is 1.74. The second-order valence-corrected chi connectivity index (χ2v) is 6.40. The first-order valence-electron chi connectivity index (χ1n) is 5.88. The first kappa shape index (κ1) is 13.7. The molecule has 1 nitrogen and oxygen atoms in total. The Labute approximate surface area is 121 Å². The van der Waals surface area contributed by atoms with Crippen LogP contribution in [0.15, 0.2) is 57.9 Å². The van der Waals surface area contributed by atoms with Gasteiger partial charge in [-0.05, 0) is 36.8 Å². The van der Waals surface area contributed by atoms with E-state index in [-0.39, 0.29) is 0 Å². The number of benzene rings is 2. The molecule has 1 unspecified atom stereocenters. The summed E-state index contributed by atoms with van der Waals surface area (Å²) < 4.78 is 1.10. The van der Waals surface area contributed by atoms with E-state index in [0.29, 0.717) is 11.8 Å². The molecule has 2 rings (SSSR count). The molecule has 0 aromatic heterocycles. The van der Waals surface area contributed by atoms with Gasteiger partial charge in [0.15, 0.2) is 0 Å². The third-order valence-electron chi connectivity index (χ3n) is 2.73. The molecule has 0 heterocycles. The van der Waals surface area contributed by atoms with Crippen molar-refractivity contribution in [3.05, 3.63) is 64.1 Å². The van der Waals surface area contributed by atoms with Gasteiger partial charge in [0, 0.05) is 21.2 Å². The zero-order valence-corrected chi connectivity index (χ0v) is 12.7. The lowest BCUT2D eigenvalue weighted by atomic mass is 10.1. The Balaban J connectivity index is 2.17. The lowest BCUT2D eigenvalue weighted by Gasteiger charge is -2.15. The van der Waals surface area contributed by atoms with Crippen molar-refractivity contribution in [3.8, 4) is 0 Å². The van der Waals surface area contributed by atoms with Gasteiger partial charge < -0.3 is 5.73 Å². The highest BCUT2D eigenvalue weighted by molar-refractivity contribution is 9.10. The van der Waals surface area contributed by atoms with Gasteiger partial charge in [-0.3, -0.25) is 0 Å². The quantitative estimate of drug-likeness (QED) is 0.836. The van der Waals surface area contributed by atoms with Crippen molar-refractivity contribution < 1.29 is 0 Å². The van der Waals surface area contributed by atoms with E-state index in [2.05, 4.69) is 65.3 Å². The van der Waals surface area contributed by atoms with E-state index in [9.17, 15) is 0 Å². The van der Waals surface area contributed by atoms with Gasteiger partial charge in [0.25, 0.3) is 0 Å². The van der Waals surface area contributed by atoms with Gasteiger partial charge in [0.1, 0.15) is 0 Å². The molecule has 0 bridgehead atoms. The Kier molecular flexibility index (Phi) is 4.87. The summed E-state index contributed by atoms with van der Waals surface area (Å²) in [5.74, 6) is 0. The molecule has 0 fully saturated rings. The summed E-state index contributed by atoms with van der Waals surface area (Å²) in [6.45, 7) is 2.73. The number of rotatable bonds is 4. The average molecular weight is 322 g/mol. The molecule has 0 saturated carbocycles. The Morgan fingerprint density at radius 3 is 2.50 bits per heavy atom. The molecule has 2 aromatic carbocycles. The molecule has 94 valence electrons. The number of hydrogen-bond acceptors (Lipinski definition) is 2. The summed E-state index contributed by atoms with van der Waals surface area (Å²) in [4.78, 5) is 1.26. The average Bonchev–Trinajstić information content (AvgIpc) is 2.38. The predicted molar refractivity (Wildman–Crippen MR) is 83.0 cm³/mol. The topological polar surface area (TPSA) is 26.0 Å². The summed E-state index contributed by atoms with van der Waals surface area (Å²) in [7, 11) is 0. The minimum Gasteiger partial charge on any atom is -0.329 e. The standard InChI is InChI=1S/C15H16BrNS/c1-11-5-7-14(8-6-11)18-15(10-17)12-3-2-4-13(16)9-12/h2-9,15H,10,17H2,1H3. The molecule has 2 aromatic rings. The summed E-state index contributed by atoms with van der Waals surface area (Å²) in [6, 6.07) is 16.9. The summed E-state index contributed by atoms with van der Waals surface area (Å²) in [5.41, 5.74) is 8.44. The molecule has 1 atom stereocenters. The van der Waals surface area contributed by atoms with Crippen molar-refractivity contribution in [2.75, 3.05) is 6.54 Å². The fraction of sp³-hybridized carbons (Fsp3) is 0.200. The molecule has 0 amide bonds. The van der Waals surface area contributed by atoms with E-state index in [1.807, 2.05) is 17.8 Å². The van der Waals surface area contributed by atoms with Gasteiger partial charge in [-0.1, -0.05) is 45.8 Å². The van der Waals surface area contributed by atoms with E-state index < -0.39 is 0 Å². The second-order valence-electron chi connectivity index (χ2n) is 4.21. The van der Waals surface area contributed by atoms with Gasteiger partial charge in [-0.25, -0.2) is 0 Å². The highest BCUT2D eigenvalue weighted by Crippen LogP contribution is 2.35. The molecule has 3 heteroatoms. The maximum absolute atomic E-state index is 5.90. The second kappa shape index (κ2) is 6.41. The van der Waals surface area contributed by atoms with E-state index in [1.54, 1.807) is 0 Å². The Morgan fingerprint density at radius 1 is 1.17 bits per heavy atom. The molecule has 0 spiro atoms. The maximum atomic E-state index is 5.90. The van der Waals surface area contributed by atoms with Crippen LogP contribution in [0, 0.1) is 6.92 Å². The summed E-state index contributed by atoms with van der Waals surface area (Å²) in [6.07, 6.45) is 0. The SMILES string of the molecule is Cc1ccc(SC(CN)c2cccc(Br)c2)cc1. The lowest BCUT2D eigenvalue weighted by molar-refractivity contribution is 0.940. The molecular weight excluding hydrogens is 306 g/mol. The van der Waals surface area contributed by atoms with Crippen molar-refractivity contribution in [2.45, 2.75) is 17.1 Å². The largest absolute Gasteiger partial charge is 0.329 e. The third-order valence-corrected chi connectivity index (χ3v) is 4.52. The van der Waals surface area contributed by atoms with Gasteiger partial charge in [-0.2, -0.15) is 0 Å². The van der Waals surface area contributed by atoms with E-state index >= 15 is 0 Å². The van der Waals surface area contributed by atoms with Crippen molar-refractivity contribution in [1.82, 2.24) is 0 Å². The molecular formula is C15H16BrNS. The van der Waals surface area contributed by atoms with Crippen molar-refractivity contribution >= 4 is 27.7 Å². The van der Waals surface area contributed by atoms with Crippen LogP contribution >= 0.6 is 27.7 Å². The van der Waals surface area contributed by atoms with Crippen LogP contribution in [0.1, 0.15) is 16.4 Å². The number of hydrogen-bond donors (Lipinski definition) is 1. The zero-order chi connectivity index (χ0) is 13.0. The van der Waals surface area contributed by atoms with Crippen molar-refractivity contribution in [3.63, 3.8) is 0 Å². The maximum Gasteiger partial charge on any atom is 0.0467 e. The molecule has 2 N–H and O–H groups in total. The van der Waals surface area contributed by atoms with Crippen LogP contribution in [-0.4, -0.2) is 6.54 Å². The van der Waals surface area contributed by atoms with Crippen molar-refractivity contribution in [2.24, 2.45) is 5.73 Å². The van der Waals surface area contributed by atoms with E-state index in [0.717, 1.165) is 4.47 Å². The predicted octanol–water partition coefficient (Wildman–Crippen LogP) is 4.55. The molecule has 0 aliphatic rings. The third kappa shape index (κ3) is 3.61. The summed E-state index contributed by atoms with van der Waals surface area (Å²) >= 11 is 5.32. The van der Waals surface area contributed by atoms with Crippen molar-refractivity contribution in [1.29, 1.82) is 0 Å². The Bertz CT molecular complexity index is 510. The Morgan fingerprint density at radius 2 is 1.89 bits per heavy atom. The lowest BCUT2D eigenvalue weighted by Crippen LogP contribution is -2.09. The van der Waals surface area contributed by atoms with Crippen LogP contribution in [0.25, 0.3) is 0 Å². The first-order chi connectivity index (χ1) is 8.69. The molecule has 0 radical (unpaired) electrons. The fourth-order valence-corrected chi connectivity index (χ4v) is 3.16. The molecule has 0 aliphatic carbocycles. The smallest absolute Gasteiger partial charge is 0.0467 e. The molecule has 18 heavy (non-hydrogen) atoms. The van der Waals surface area contributed by atoms with Crippen LogP contribution in [0.2, 0.25) is 0 Å². The summed E-state index contributed by atoms with van der Waals surface area (Å²) in [5, 5.41) is 0.296. The van der Waals surface area contributed by atoms with Crippen LogP contribution in [0.5, 0.6) is 0 Å². The minimum atomic E-state index is 0.296.